The summed E-state index contributed by atoms with van der Waals surface area (Å²) in [6.45, 7) is 4.08. The number of benzene rings is 2. The van der Waals surface area contributed by atoms with E-state index in [9.17, 15) is 4.79 Å². The first-order valence-electron chi connectivity index (χ1n) is 8.49. The van der Waals surface area contributed by atoms with Gasteiger partial charge < -0.3 is 10.3 Å². The fraction of sp³-hybridized carbons (Fsp3) is 0.300. The Hall–Kier alpha value is -2.62. The number of imidazole rings is 1. The summed E-state index contributed by atoms with van der Waals surface area (Å²) in [5, 5.41) is 2.98. The molecule has 0 spiro atoms. The number of fused-ring (bicyclic) bond motifs is 1. The van der Waals surface area contributed by atoms with Crippen LogP contribution in [0, 0.1) is 0 Å². The lowest BCUT2D eigenvalue weighted by atomic mass is 10.1. The molecule has 4 nitrogen and oxygen atoms in total. The van der Waals surface area contributed by atoms with Crippen LogP contribution in [-0.4, -0.2) is 21.9 Å². The van der Waals surface area contributed by atoms with E-state index >= 15 is 0 Å². The van der Waals surface area contributed by atoms with Crippen molar-refractivity contribution in [3.05, 3.63) is 65.5 Å². The Morgan fingerprint density at radius 3 is 2.58 bits per heavy atom. The molecule has 3 rings (SSSR count). The molecule has 2 aromatic carbocycles. The second kappa shape index (κ2) is 7.30. The van der Waals surface area contributed by atoms with E-state index in [4.69, 9.17) is 0 Å². The van der Waals surface area contributed by atoms with Gasteiger partial charge in [-0.25, -0.2) is 4.98 Å². The van der Waals surface area contributed by atoms with E-state index in [0.717, 1.165) is 36.1 Å². The van der Waals surface area contributed by atoms with Crippen molar-refractivity contribution in [2.75, 3.05) is 0 Å². The fourth-order valence-corrected chi connectivity index (χ4v) is 2.62. The van der Waals surface area contributed by atoms with Crippen molar-refractivity contribution in [2.24, 2.45) is 0 Å². The molecular formula is C20H23N3O. The van der Waals surface area contributed by atoms with Gasteiger partial charge in [-0.2, -0.15) is 0 Å². The molecule has 0 bridgehead atoms. The summed E-state index contributed by atoms with van der Waals surface area (Å²) in [6.07, 6.45) is 2.68. The number of nitrogens with zero attached hydrogens (tertiary/aromatic N) is 1. The lowest BCUT2D eigenvalue weighted by Crippen LogP contribution is -2.31. The minimum absolute atomic E-state index is 0.00631. The zero-order valence-electron chi connectivity index (χ0n) is 14.2. The molecule has 3 aromatic rings. The van der Waals surface area contributed by atoms with E-state index in [0.29, 0.717) is 5.56 Å². The molecule has 1 heterocycles. The predicted molar refractivity (Wildman–Crippen MR) is 97.2 cm³/mol. The van der Waals surface area contributed by atoms with E-state index in [2.05, 4.69) is 22.2 Å². The fourth-order valence-electron chi connectivity index (χ4n) is 2.62. The number of H-pyrrole nitrogens is 1. The largest absolute Gasteiger partial charge is 0.350 e. The molecule has 0 aliphatic carbocycles. The molecule has 1 amide bonds. The number of para-hydroxylation sites is 2. The summed E-state index contributed by atoms with van der Waals surface area (Å²) < 4.78 is 0. The maximum absolute atomic E-state index is 12.1. The average Bonchev–Trinajstić information content (AvgIpc) is 3.03. The van der Waals surface area contributed by atoms with Crippen LogP contribution in [0.25, 0.3) is 11.0 Å². The number of carbonyl (C=O) groups is 1. The third-order valence-corrected chi connectivity index (χ3v) is 4.29. The van der Waals surface area contributed by atoms with Gasteiger partial charge in [0.2, 0.25) is 0 Å². The molecule has 4 heteroatoms. The molecule has 1 aromatic heterocycles. The molecule has 0 saturated carbocycles. The lowest BCUT2D eigenvalue weighted by Gasteiger charge is -2.11. The Bertz CT molecular complexity index is 787. The molecule has 124 valence electrons. The first-order valence-corrected chi connectivity index (χ1v) is 8.49. The molecule has 24 heavy (non-hydrogen) atoms. The van der Waals surface area contributed by atoms with E-state index in [-0.39, 0.29) is 11.9 Å². The minimum Gasteiger partial charge on any atom is -0.350 e. The monoisotopic (exact) mass is 321 g/mol. The summed E-state index contributed by atoms with van der Waals surface area (Å²) in [7, 11) is 0. The molecular weight excluding hydrogens is 298 g/mol. The summed E-state index contributed by atoms with van der Waals surface area (Å²) in [5.41, 5.74) is 3.99. The van der Waals surface area contributed by atoms with Crippen LogP contribution in [-0.2, 0) is 12.8 Å². The van der Waals surface area contributed by atoms with Gasteiger partial charge in [0, 0.05) is 18.0 Å². The second-order valence-electron chi connectivity index (χ2n) is 6.18. The van der Waals surface area contributed by atoms with Gasteiger partial charge in [-0.05, 0) is 49.6 Å². The molecule has 0 fully saturated rings. The second-order valence-corrected chi connectivity index (χ2v) is 6.18. The van der Waals surface area contributed by atoms with Crippen LogP contribution in [0.15, 0.2) is 48.5 Å². The van der Waals surface area contributed by atoms with E-state index in [1.54, 1.807) is 0 Å². The summed E-state index contributed by atoms with van der Waals surface area (Å²) in [4.78, 5) is 20.0. The first-order chi connectivity index (χ1) is 11.7. The quantitative estimate of drug-likeness (QED) is 0.724. The number of amides is 1. The van der Waals surface area contributed by atoms with Crippen LogP contribution in [0.3, 0.4) is 0 Å². The number of hydrogen-bond acceptors (Lipinski definition) is 2. The average molecular weight is 321 g/mol. The lowest BCUT2D eigenvalue weighted by molar-refractivity contribution is 0.0939. The standard InChI is InChI=1S/C20H23N3O/c1-3-14(2)21-20(24)16-11-8-15(9-12-16)10-13-19-22-17-6-4-5-7-18(17)23-19/h4-9,11-12,14H,3,10,13H2,1-2H3,(H,21,24)(H,22,23). The van der Waals surface area contributed by atoms with Crippen LogP contribution < -0.4 is 5.32 Å². The van der Waals surface area contributed by atoms with Gasteiger partial charge in [0.15, 0.2) is 0 Å². The highest BCUT2D eigenvalue weighted by molar-refractivity contribution is 5.94. The SMILES string of the molecule is CCC(C)NC(=O)c1ccc(CCc2nc3ccccc3[nH]2)cc1. The van der Waals surface area contributed by atoms with Crippen molar-refractivity contribution in [3.63, 3.8) is 0 Å². The highest BCUT2D eigenvalue weighted by Gasteiger charge is 2.08. The molecule has 1 unspecified atom stereocenters. The topological polar surface area (TPSA) is 57.8 Å². The number of hydrogen-bond donors (Lipinski definition) is 2. The van der Waals surface area contributed by atoms with Crippen molar-refractivity contribution >= 4 is 16.9 Å². The normalized spacial score (nSPS) is 12.2. The Labute approximate surface area is 142 Å². The molecule has 2 N–H and O–H groups in total. The number of aromatic amines is 1. The Morgan fingerprint density at radius 2 is 1.88 bits per heavy atom. The molecule has 0 saturated heterocycles. The molecule has 0 aliphatic heterocycles. The van der Waals surface area contributed by atoms with E-state index in [1.165, 1.54) is 5.56 Å². The molecule has 1 atom stereocenters. The summed E-state index contributed by atoms with van der Waals surface area (Å²) in [5.74, 6) is 0.989. The third kappa shape index (κ3) is 3.82. The van der Waals surface area contributed by atoms with Crippen LogP contribution >= 0.6 is 0 Å². The van der Waals surface area contributed by atoms with Gasteiger partial charge in [-0.15, -0.1) is 0 Å². The van der Waals surface area contributed by atoms with Crippen molar-refractivity contribution in [1.29, 1.82) is 0 Å². The predicted octanol–water partition coefficient (Wildman–Crippen LogP) is 3.88. The third-order valence-electron chi connectivity index (χ3n) is 4.29. The number of aryl methyl sites for hydroxylation is 2. The maximum Gasteiger partial charge on any atom is 0.251 e. The van der Waals surface area contributed by atoms with Gasteiger partial charge in [0.05, 0.1) is 11.0 Å². The van der Waals surface area contributed by atoms with Crippen molar-refractivity contribution < 1.29 is 4.79 Å². The highest BCUT2D eigenvalue weighted by atomic mass is 16.1. The number of aromatic nitrogens is 2. The minimum atomic E-state index is -0.00631. The summed E-state index contributed by atoms with van der Waals surface area (Å²) in [6, 6.07) is 16.1. The molecule has 0 radical (unpaired) electrons. The zero-order chi connectivity index (χ0) is 16.9. The first kappa shape index (κ1) is 16.2. The van der Waals surface area contributed by atoms with Gasteiger partial charge in [0.25, 0.3) is 5.91 Å². The maximum atomic E-state index is 12.1. The Morgan fingerprint density at radius 1 is 1.12 bits per heavy atom. The van der Waals surface area contributed by atoms with Crippen LogP contribution in [0.2, 0.25) is 0 Å². The van der Waals surface area contributed by atoms with Crippen LogP contribution in [0.5, 0.6) is 0 Å². The van der Waals surface area contributed by atoms with E-state index < -0.39 is 0 Å². The van der Waals surface area contributed by atoms with E-state index in [1.807, 2.05) is 55.5 Å². The van der Waals surface area contributed by atoms with Crippen molar-refractivity contribution in [3.8, 4) is 0 Å². The smallest absolute Gasteiger partial charge is 0.251 e. The number of rotatable bonds is 6. The summed E-state index contributed by atoms with van der Waals surface area (Å²) >= 11 is 0. The van der Waals surface area contributed by atoms with Gasteiger partial charge in [-0.3, -0.25) is 4.79 Å². The highest BCUT2D eigenvalue weighted by Crippen LogP contribution is 2.13. The number of carbonyl (C=O) groups excluding carboxylic acids is 1. The zero-order valence-corrected chi connectivity index (χ0v) is 14.2. The molecule has 0 aliphatic rings. The Kier molecular flexibility index (Phi) is 4.94. The van der Waals surface area contributed by atoms with Crippen LogP contribution in [0.1, 0.15) is 42.0 Å². The van der Waals surface area contributed by atoms with Gasteiger partial charge >= 0.3 is 0 Å². The van der Waals surface area contributed by atoms with Crippen molar-refractivity contribution in [1.82, 2.24) is 15.3 Å². The number of nitrogens with one attached hydrogen (secondary N) is 2. The van der Waals surface area contributed by atoms with Gasteiger partial charge in [-0.1, -0.05) is 31.2 Å². The van der Waals surface area contributed by atoms with Crippen LogP contribution in [0.4, 0.5) is 0 Å². The van der Waals surface area contributed by atoms with Crippen molar-refractivity contribution in [2.45, 2.75) is 39.2 Å². The Balaban J connectivity index is 1.60. The van der Waals surface area contributed by atoms with Gasteiger partial charge in [0.1, 0.15) is 5.82 Å².